The second-order valence-corrected chi connectivity index (χ2v) is 5.93. The quantitative estimate of drug-likeness (QED) is 0.697. The molecule has 21 heavy (non-hydrogen) atoms. The largest absolute Gasteiger partial charge is 0.507 e. The number of rotatable bonds is 3. The highest BCUT2D eigenvalue weighted by Gasteiger charge is 2.26. The van der Waals surface area contributed by atoms with Crippen molar-refractivity contribution in [2.45, 2.75) is 19.3 Å². The predicted molar refractivity (Wildman–Crippen MR) is 83.0 cm³/mol. The van der Waals surface area contributed by atoms with Gasteiger partial charge in [-0.05, 0) is 37.0 Å². The lowest BCUT2D eigenvalue weighted by molar-refractivity contribution is 0.0601. The van der Waals surface area contributed by atoms with E-state index < -0.39 is 0 Å². The molecule has 0 aliphatic heterocycles. The van der Waals surface area contributed by atoms with Crippen LogP contribution in [0.25, 0.3) is 0 Å². The average Bonchev–Trinajstić information content (AvgIpc) is 3.06. The summed E-state index contributed by atoms with van der Waals surface area (Å²) in [4.78, 5) is 17.6. The minimum Gasteiger partial charge on any atom is -0.507 e. The number of carbonyl (C=O) groups is 1. The Morgan fingerprint density at radius 1 is 1.38 bits per heavy atom. The van der Waals surface area contributed by atoms with Crippen molar-refractivity contribution in [2.24, 2.45) is 4.99 Å². The minimum atomic E-state index is -0.334. The van der Waals surface area contributed by atoms with E-state index in [1.54, 1.807) is 24.4 Å². The Morgan fingerprint density at radius 2 is 2.19 bits per heavy atom. The molecule has 0 amide bonds. The van der Waals surface area contributed by atoms with Crippen LogP contribution >= 0.6 is 11.3 Å². The Balaban J connectivity index is 2.00. The van der Waals surface area contributed by atoms with Crippen LogP contribution in [0.2, 0.25) is 0 Å². The molecular formula is C16H15NO3S. The Bertz CT molecular complexity index is 718. The van der Waals surface area contributed by atoms with Crippen LogP contribution in [0.4, 0.5) is 5.00 Å². The van der Waals surface area contributed by atoms with Crippen molar-refractivity contribution >= 4 is 28.5 Å². The van der Waals surface area contributed by atoms with Crippen molar-refractivity contribution in [1.29, 1.82) is 0 Å². The van der Waals surface area contributed by atoms with E-state index in [4.69, 9.17) is 4.74 Å². The van der Waals surface area contributed by atoms with Gasteiger partial charge in [0, 0.05) is 16.7 Å². The zero-order valence-corrected chi connectivity index (χ0v) is 12.4. The molecule has 1 aliphatic carbocycles. The van der Waals surface area contributed by atoms with Gasteiger partial charge in [0.1, 0.15) is 10.8 Å². The number of phenols is 1. The number of ether oxygens (including phenoxy) is 1. The summed E-state index contributed by atoms with van der Waals surface area (Å²) < 4.78 is 4.88. The second kappa shape index (κ2) is 5.69. The van der Waals surface area contributed by atoms with E-state index in [1.165, 1.54) is 23.3 Å². The van der Waals surface area contributed by atoms with Gasteiger partial charge < -0.3 is 9.84 Å². The van der Waals surface area contributed by atoms with Crippen molar-refractivity contribution in [1.82, 2.24) is 0 Å². The van der Waals surface area contributed by atoms with Gasteiger partial charge in [-0.1, -0.05) is 12.1 Å². The topological polar surface area (TPSA) is 58.9 Å². The molecule has 0 saturated heterocycles. The number of methoxy groups -OCH3 is 1. The number of thiophene rings is 1. The van der Waals surface area contributed by atoms with Crippen LogP contribution in [0.3, 0.4) is 0 Å². The number of carbonyl (C=O) groups excluding carboxylic acids is 1. The molecule has 1 aliphatic rings. The smallest absolute Gasteiger partial charge is 0.341 e. The van der Waals surface area contributed by atoms with E-state index in [0.717, 1.165) is 24.8 Å². The van der Waals surface area contributed by atoms with Crippen LogP contribution in [0, 0.1) is 0 Å². The number of aromatic hydroxyl groups is 1. The molecule has 0 saturated carbocycles. The van der Waals surface area contributed by atoms with Crippen molar-refractivity contribution in [3.63, 3.8) is 0 Å². The second-order valence-electron chi connectivity index (χ2n) is 4.85. The number of hydrogen-bond acceptors (Lipinski definition) is 5. The van der Waals surface area contributed by atoms with Gasteiger partial charge in [0.2, 0.25) is 0 Å². The minimum absolute atomic E-state index is 0.171. The number of aliphatic imine (C=N–C) groups is 1. The summed E-state index contributed by atoms with van der Waals surface area (Å²) in [5, 5.41) is 10.4. The number of esters is 1. The molecular weight excluding hydrogens is 286 g/mol. The fraction of sp³-hybridized carbons (Fsp3) is 0.250. The molecule has 5 heteroatoms. The molecule has 0 spiro atoms. The molecule has 2 aromatic rings. The number of nitrogens with zero attached hydrogens (tertiary/aromatic N) is 1. The van der Waals surface area contributed by atoms with E-state index in [0.29, 0.717) is 16.1 Å². The van der Waals surface area contributed by atoms with Crippen molar-refractivity contribution in [3.05, 3.63) is 45.8 Å². The number of hydrogen-bond donors (Lipinski definition) is 1. The normalized spacial score (nSPS) is 13.6. The molecule has 1 N–H and O–H groups in total. The summed E-state index contributed by atoms with van der Waals surface area (Å²) in [6.07, 6.45) is 4.57. The van der Waals surface area contributed by atoms with E-state index in [1.807, 2.05) is 6.07 Å². The fourth-order valence-electron chi connectivity index (χ4n) is 2.52. The van der Waals surface area contributed by atoms with Crippen LogP contribution < -0.4 is 0 Å². The molecule has 108 valence electrons. The van der Waals surface area contributed by atoms with Gasteiger partial charge >= 0.3 is 5.97 Å². The summed E-state index contributed by atoms with van der Waals surface area (Å²) in [5.74, 6) is -0.163. The number of para-hydroxylation sites is 1. The van der Waals surface area contributed by atoms with Crippen molar-refractivity contribution in [3.8, 4) is 5.75 Å². The summed E-state index contributed by atoms with van der Waals surface area (Å²) in [6.45, 7) is 0. The highest BCUT2D eigenvalue weighted by atomic mass is 32.1. The molecule has 0 atom stereocenters. The van der Waals surface area contributed by atoms with Crippen LogP contribution in [0.15, 0.2) is 29.3 Å². The molecule has 1 heterocycles. The van der Waals surface area contributed by atoms with Gasteiger partial charge in [-0.2, -0.15) is 0 Å². The number of fused-ring (bicyclic) bond motifs is 1. The summed E-state index contributed by atoms with van der Waals surface area (Å²) >= 11 is 1.54. The third kappa shape index (κ3) is 2.56. The first-order valence-corrected chi connectivity index (χ1v) is 7.57. The fourth-order valence-corrected chi connectivity index (χ4v) is 3.74. The Morgan fingerprint density at radius 3 is 2.95 bits per heavy atom. The lowest BCUT2D eigenvalue weighted by Crippen LogP contribution is -2.03. The lowest BCUT2D eigenvalue weighted by Gasteiger charge is -2.01. The van der Waals surface area contributed by atoms with Gasteiger partial charge in [-0.15, -0.1) is 11.3 Å². The number of aryl methyl sites for hydroxylation is 1. The van der Waals surface area contributed by atoms with Gasteiger partial charge in [0.05, 0.1) is 12.7 Å². The summed E-state index contributed by atoms with van der Waals surface area (Å²) in [7, 11) is 1.39. The zero-order chi connectivity index (χ0) is 14.8. The first kappa shape index (κ1) is 13.8. The van der Waals surface area contributed by atoms with E-state index in [2.05, 4.69) is 4.99 Å². The average molecular weight is 301 g/mol. The molecule has 0 fully saturated rings. The van der Waals surface area contributed by atoms with Crippen LogP contribution in [0.1, 0.15) is 32.8 Å². The maximum atomic E-state index is 12.0. The molecule has 1 aromatic heterocycles. The van der Waals surface area contributed by atoms with Crippen LogP contribution in [-0.4, -0.2) is 24.4 Å². The summed E-state index contributed by atoms with van der Waals surface area (Å²) in [5.41, 5.74) is 2.29. The molecule has 0 bridgehead atoms. The Hall–Kier alpha value is -2.14. The van der Waals surface area contributed by atoms with Gasteiger partial charge in [0.25, 0.3) is 0 Å². The van der Waals surface area contributed by atoms with E-state index in [9.17, 15) is 9.90 Å². The molecule has 0 unspecified atom stereocenters. The van der Waals surface area contributed by atoms with Crippen molar-refractivity contribution in [2.75, 3.05) is 7.11 Å². The van der Waals surface area contributed by atoms with Crippen molar-refractivity contribution < 1.29 is 14.6 Å². The van der Waals surface area contributed by atoms with Gasteiger partial charge in [-0.3, -0.25) is 0 Å². The first-order chi connectivity index (χ1) is 10.2. The lowest BCUT2D eigenvalue weighted by atomic mass is 10.1. The standard InChI is InChI=1S/C16H15NO3S/c1-20-16(19)14-11-6-4-8-13(11)21-15(14)17-9-10-5-2-3-7-12(10)18/h2-3,5,7,9,18H,4,6,8H2,1H3. The molecule has 4 nitrogen and oxygen atoms in total. The number of benzene rings is 1. The molecule has 0 radical (unpaired) electrons. The molecule has 1 aromatic carbocycles. The van der Waals surface area contributed by atoms with E-state index in [-0.39, 0.29) is 11.7 Å². The third-order valence-electron chi connectivity index (χ3n) is 3.55. The Labute approximate surface area is 126 Å². The third-order valence-corrected chi connectivity index (χ3v) is 4.75. The SMILES string of the molecule is COC(=O)c1c(N=Cc2ccccc2O)sc2c1CCC2. The molecule has 3 rings (SSSR count). The first-order valence-electron chi connectivity index (χ1n) is 6.75. The van der Waals surface area contributed by atoms with E-state index >= 15 is 0 Å². The van der Waals surface area contributed by atoms with Gasteiger partial charge in [0.15, 0.2) is 0 Å². The highest BCUT2D eigenvalue weighted by Crippen LogP contribution is 2.41. The van der Waals surface area contributed by atoms with Gasteiger partial charge in [-0.25, -0.2) is 9.79 Å². The van der Waals surface area contributed by atoms with Crippen LogP contribution in [0.5, 0.6) is 5.75 Å². The predicted octanol–water partition coefficient (Wildman–Crippen LogP) is 3.48. The summed E-state index contributed by atoms with van der Waals surface area (Å²) in [6, 6.07) is 6.97. The maximum Gasteiger partial charge on any atom is 0.341 e. The maximum absolute atomic E-state index is 12.0. The monoisotopic (exact) mass is 301 g/mol. The Kier molecular flexibility index (Phi) is 3.75. The number of phenolic OH excluding ortho intramolecular Hbond substituents is 1. The highest BCUT2D eigenvalue weighted by molar-refractivity contribution is 7.16. The zero-order valence-electron chi connectivity index (χ0n) is 11.6. The van der Waals surface area contributed by atoms with Crippen LogP contribution in [-0.2, 0) is 17.6 Å².